The summed E-state index contributed by atoms with van der Waals surface area (Å²) in [6.07, 6.45) is 3.89. The van der Waals surface area contributed by atoms with E-state index in [2.05, 4.69) is 6.92 Å². The molecule has 1 fully saturated rings. The van der Waals surface area contributed by atoms with Gasteiger partial charge in [0.05, 0.1) is 10.0 Å². The molecule has 0 spiro atoms. The van der Waals surface area contributed by atoms with E-state index in [0.29, 0.717) is 5.92 Å². The maximum Gasteiger partial charge on any atom is 0.246 e. The third kappa shape index (κ3) is 3.14. The molecule has 0 amide bonds. The van der Waals surface area contributed by atoms with Crippen molar-refractivity contribution in [3.05, 3.63) is 28.2 Å². The van der Waals surface area contributed by atoms with Crippen LogP contribution in [0.15, 0.2) is 23.1 Å². The van der Waals surface area contributed by atoms with Crippen LogP contribution in [0.3, 0.4) is 0 Å². The summed E-state index contributed by atoms with van der Waals surface area (Å²) in [4.78, 5) is 0.0180. The standard InChI is InChI=1S/C14H19Cl2NO2S/c1-10-6-8-11(9-7-10)17(2)20(18,19)14-12(15)4-3-5-13(14)16/h3-5,10-11H,6-9H2,1-2H3. The topological polar surface area (TPSA) is 37.4 Å². The van der Waals surface area contributed by atoms with Crippen molar-refractivity contribution in [2.24, 2.45) is 5.92 Å². The molecule has 0 heterocycles. The van der Waals surface area contributed by atoms with Gasteiger partial charge < -0.3 is 0 Å². The van der Waals surface area contributed by atoms with Crippen LogP contribution in [0.5, 0.6) is 0 Å². The normalized spacial score (nSPS) is 24.1. The Labute approximate surface area is 130 Å². The monoisotopic (exact) mass is 335 g/mol. The van der Waals surface area contributed by atoms with E-state index in [1.165, 1.54) is 4.31 Å². The molecule has 112 valence electrons. The Morgan fingerprint density at radius 2 is 1.60 bits per heavy atom. The minimum Gasteiger partial charge on any atom is -0.207 e. The molecule has 0 aliphatic heterocycles. The quantitative estimate of drug-likeness (QED) is 0.830. The Balaban J connectivity index is 2.30. The number of nitrogens with zero attached hydrogens (tertiary/aromatic N) is 1. The van der Waals surface area contributed by atoms with Crippen molar-refractivity contribution in [2.75, 3.05) is 7.05 Å². The summed E-state index contributed by atoms with van der Waals surface area (Å²) >= 11 is 12.1. The molecule has 1 aromatic rings. The third-order valence-electron chi connectivity index (χ3n) is 4.06. The van der Waals surface area contributed by atoms with Crippen LogP contribution in [0.2, 0.25) is 10.0 Å². The lowest BCUT2D eigenvalue weighted by molar-refractivity contribution is 0.246. The summed E-state index contributed by atoms with van der Waals surface area (Å²) in [5.41, 5.74) is 0. The molecule has 0 saturated heterocycles. The van der Waals surface area contributed by atoms with Gasteiger partial charge in [-0.3, -0.25) is 0 Å². The molecule has 0 unspecified atom stereocenters. The van der Waals surface area contributed by atoms with Crippen LogP contribution >= 0.6 is 23.2 Å². The van der Waals surface area contributed by atoms with Crippen molar-refractivity contribution in [3.63, 3.8) is 0 Å². The van der Waals surface area contributed by atoms with Gasteiger partial charge in [0.1, 0.15) is 4.90 Å². The van der Waals surface area contributed by atoms with Gasteiger partial charge in [-0.15, -0.1) is 0 Å². The summed E-state index contributed by atoms with van der Waals surface area (Å²) in [6, 6.07) is 4.78. The molecule has 0 aromatic heterocycles. The summed E-state index contributed by atoms with van der Waals surface area (Å²) in [6.45, 7) is 2.20. The van der Waals surface area contributed by atoms with Gasteiger partial charge in [0, 0.05) is 13.1 Å². The van der Waals surface area contributed by atoms with Gasteiger partial charge in [-0.25, -0.2) is 8.42 Å². The molecule has 1 aliphatic rings. The molecule has 0 bridgehead atoms. The Hall–Kier alpha value is -0.290. The molecule has 1 aliphatic carbocycles. The Morgan fingerprint density at radius 1 is 1.10 bits per heavy atom. The van der Waals surface area contributed by atoms with Gasteiger partial charge in [0.2, 0.25) is 10.0 Å². The van der Waals surface area contributed by atoms with E-state index in [1.807, 2.05) is 0 Å². The summed E-state index contributed by atoms with van der Waals surface area (Å²) in [5, 5.41) is 0.349. The number of rotatable bonds is 3. The fourth-order valence-corrected chi connectivity index (χ4v) is 5.18. The van der Waals surface area contributed by atoms with E-state index in [-0.39, 0.29) is 21.0 Å². The lowest BCUT2D eigenvalue weighted by Crippen LogP contribution is -2.39. The number of hydrogen-bond donors (Lipinski definition) is 0. The van der Waals surface area contributed by atoms with Gasteiger partial charge in [-0.1, -0.05) is 36.2 Å². The van der Waals surface area contributed by atoms with E-state index in [9.17, 15) is 8.42 Å². The van der Waals surface area contributed by atoms with Gasteiger partial charge in [0.15, 0.2) is 0 Å². The van der Waals surface area contributed by atoms with Crippen LogP contribution < -0.4 is 0 Å². The largest absolute Gasteiger partial charge is 0.246 e. The fourth-order valence-electron chi connectivity index (χ4n) is 2.68. The van der Waals surface area contributed by atoms with Crippen molar-refractivity contribution >= 4 is 33.2 Å². The summed E-state index contributed by atoms with van der Waals surface area (Å²) in [5.74, 6) is 0.672. The first kappa shape index (κ1) is 16.1. The SMILES string of the molecule is CC1CCC(N(C)S(=O)(=O)c2c(Cl)cccc2Cl)CC1. The van der Waals surface area contributed by atoms with Crippen molar-refractivity contribution in [2.45, 2.75) is 43.5 Å². The lowest BCUT2D eigenvalue weighted by Gasteiger charge is -2.33. The highest BCUT2D eigenvalue weighted by Gasteiger charge is 2.33. The average molecular weight is 336 g/mol. The number of sulfonamides is 1. The second-order valence-electron chi connectivity index (χ2n) is 5.49. The number of hydrogen-bond acceptors (Lipinski definition) is 2. The fraction of sp³-hybridized carbons (Fsp3) is 0.571. The van der Waals surface area contributed by atoms with Gasteiger partial charge in [0.25, 0.3) is 0 Å². The van der Waals surface area contributed by atoms with Crippen LogP contribution in [0.25, 0.3) is 0 Å². The van der Waals surface area contributed by atoms with E-state index in [1.54, 1.807) is 25.2 Å². The first-order chi connectivity index (χ1) is 9.34. The first-order valence-corrected chi connectivity index (χ1v) is 8.95. The van der Waals surface area contributed by atoms with Crippen LogP contribution in [-0.2, 0) is 10.0 Å². The zero-order valence-corrected chi connectivity index (χ0v) is 14.0. The summed E-state index contributed by atoms with van der Waals surface area (Å²) < 4.78 is 26.9. The van der Waals surface area contributed by atoms with Crippen molar-refractivity contribution in [1.29, 1.82) is 0 Å². The van der Waals surface area contributed by atoms with Crippen LogP contribution in [0.1, 0.15) is 32.6 Å². The molecule has 1 aromatic carbocycles. The Bertz CT molecular complexity index is 561. The summed E-state index contributed by atoms with van der Waals surface area (Å²) in [7, 11) is -2.03. The number of benzene rings is 1. The zero-order valence-electron chi connectivity index (χ0n) is 11.6. The second-order valence-corrected chi connectivity index (χ2v) is 8.23. The number of halogens is 2. The second kappa shape index (κ2) is 6.22. The predicted octanol–water partition coefficient (Wildman–Crippen LogP) is 4.19. The highest BCUT2D eigenvalue weighted by Crippen LogP contribution is 2.34. The van der Waals surface area contributed by atoms with Crippen LogP contribution in [-0.4, -0.2) is 25.8 Å². The molecule has 0 atom stereocenters. The molecule has 20 heavy (non-hydrogen) atoms. The molecule has 0 N–H and O–H groups in total. The molecule has 1 saturated carbocycles. The van der Waals surface area contributed by atoms with Crippen molar-refractivity contribution in [1.82, 2.24) is 4.31 Å². The molecular weight excluding hydrogens is 317 g/mol. The van der Waals surface area contributed by atoms with Crippen molar-refractivity contribution in [3.8, 4) is 0 Å². The van der Waals surface area contributed by atoms with Gasteiger partial charge in [-0.2, -0.15) is 4.31 Å². The third-order valence-corrected chi connectivity index (χ3v) is 6.92. The highest BCUT2D eigenvalue weighted by molar-refractivity contribution is 7.89. The van der Waals surface area contributed by atoms with Crippen molar-refractivity contribution < 1.29 is 8.42 Å². The molecule has 3 nitrogen and oxygen atoms in total. The maximum atomic E-state index is 12.7. The first-order valence-electron chi connectivity index (χ1n) is 6.76. The van der Waals surface area contributed by atoms with Crippen LogP contribution in [0, 0.1) is 5.92 Å². The predicted molar refractivity (Wildman–Crippen MR) is 82.8 cm³/mol. The molecule has 0 radical (unpaired) electrons. The Kier molecular flexibility index (Phi) is 5.00. The Morgan fingerprint density at radius 3 is 2.10 bits per heavy atom. The lowest BCUT2D eigenvalue weighted by atomic mass is 9.87. The van der Waals surface area contributed by atoms with E-state index >= 15 is 0 Å². The van der Waals surface area contributed by atoms with E-state index in [0.717, 1.165) is 25.7 Å². The van der Waals surface area contributed by atoms with Gasteiger partial charge in [-0.05, 0) is 43.7 Å². The minimum atomic E-state index is -3.65. The zero-order chi connectivity index (χ0) is 14.9. The van der Waals surface area contributed by atoms with Crippen LogP contribution in [0.4, 0.5) is 0 Å². The van der Waals surface area contributed by atoms with Gasteiger partial charge >= 0.3 is 0 Å². The highest BCUT2D eigenvalue weighted by atomic mass is 35.5. The average Bonchev–Trinajstić information content (AvgIpc) is 2.38. The molecular formula is C14H19Cl2NO2S. The minimum absolute atomic E-state index is 0.0180. The van der Waals surface area contributed by atoms with E-state index < -0.39 is 10.0 Å². The van der Waals surface area contributed by atoms with E-state index in [4.69, 9.17) is 23.2 Å². The molecule has 2 rings (SSSR count). The maximum absolute atomic E-state index is 12.7. The molecule has 6 heteroatoms. The smallest absolute Gasteiger partial charge is 0.207 e.